The van der Waals surface area contributed by atoms with E-state index in [1.54, 1.807) is 42.7 Å². The van der Waals surface area contributed by atoms with Crippen molar-refractivity contribution in [2.75, 3.05) is 19.6 Å². The van der Waals surface area contributed by atoms with E-state index in [0.29, 0.717) is 46.8 Å². The van der Waals surface area contributed by atoms with Crippen molar-refractivity contribution in [1.82, 2.24) is 20.2 Å². The number of aromatic nitrogens is 2. The molecule has 2 aromatic carbocycles. The molecule has 1 aliphatic rings. The normalized spacial score (nSPS) is 16.6. The zero-order chi connectivity index (χ0) is 20.2. The standard InChI is InChI=1S/C22H21ClN4O2/c23-18-8-2-1-6-16(18)21(28)26-13-15-5-4-12-27(14-15)22(29)17-7-3-9-19-20(17)25-11-10-24-19/h1-3,6-11,15H,4-5,12-14H2,(H,26,28)/t15-/m1/s1. The van der Waals surface area contributed by atoms with E-state index in [2.05, 4.69) is 15.3 Å². The molecule has 148 valence electrons. The third-order valence-corrected chi connectivity index (χ3v) is 5.53. The number of para-hydroxylation sites is 1. The van der Waals surface area contributed by atoms with Crippen LogP contribution in [0.25, 0.3) is 11.0 Å². The van der Waals surface area contributed by atoms with Gasteiger partial charge < -0.3 is 10.2 Å². The average Bonchev–Trinajstić information content (AvgIpc) is 2.77. The summed E-state index contributed by atoms with van der Waals surface area (Å²) in [6, 6.07) is 12.5. The molecule has 7 heteroatoms. The summed E-state index contributed by atoms with van der Waals surface area (Å²) in [7, 11) is 0. The lowest BCUT2D eigenvalue weighted by molar-refractivity contribution is 0.0672. The molecule has 1 aliphatic heterocycles. The summed E-state index contributed by atoms with van der Waals surface area (Å²) in [6.07, 6.45) is 5.08. The predicted octanol–water partition coefficient (Wildman–Crippen LogP) is 3.57. The SMILES string of the molecule is O=C(NC[C@H]1CCCN(C(=O)c2cccc3nccnc23)C1)c1ccccc1Cl. The molecule has 6 nitrogen and oxygen atoms in total. The van der Waals surface area contributed by atoms with Gasteiger partial charge in [-0.05, 0) is 43.0 Å². The Labute approximate surface area is 173 Å². The largest absolute Gasteiger partial charge is 0.352 e. The smallest absolute Gasteiger partial charge is 0.256 e. The monoisotopic (exact) mass is 408 g/mol. The molecule has 1 atom stereocenters. The molecule has 2 amide bonds. The molecule has 0 spiro atoms. The topological polar surface area (TPSA) is 75.2 Å². The van der Waals surface area contributed by atoms with Crippen molar-refractivity contribution in [2.45, 2.75) is 12.8 Å². The third-order valence-electron chi connectivity index (χ3n) is 5.21. The van der Waals surface area contributed by atoms with Crippen LogP contribution in [0.15, 0.2) is 54.9 Å². The molecule has 0 aliphatic carbocycles. The van der Waals surface area contributed by atoms with Crippen molar-refractivity contribution < 1.29 is 9.59 Å². The summed E-state index contributed by atoms with van der Waals surface area (Å²) in [5, 5.41) is 3.39. The summed E-state index contributed by atoms with van der Waals surface area (Å²) in [6.45, 7) is 1.80. The number of nitrogens with zero attached hydrogens (tertiary/aromatic N) is 3. The molecule has 0 unspecified atom stereocenters. The number of carbonyl (C=O) groups excluding carboxylic acids is 2. The lowest BCUT2D eigenvalue weighted by Gasteiger charge is -2.33. The van der Waals surface area contributed by atoms with Crippen LogP contribution in [0.5, 0.6) is 0 Å². The van der Waals surface area contributed by atoms with Gasteiger partial charge in [0, 0.05) is 32.0 Å². The minimum absolute atomic E-state index is 0.0433. The van der Waals surface area contributed by atoms with Gasteiger partial charge in [0.1, 0.15) is 5.52 Å². The van der Waals surface area contributed by atoms with E-state index in [-0.39, 0.29) is 17.7 Å². The second-order valence-corrected chi connectivity index (χ2v) is 7.59. The van der Waals surface area contributed by atoms with E-state index < -0.39 is 0 Å². The van der Waals surface area contributed by atoms with E-state index in [1.807, 2.05) is 17.0 Å². The number of nitrogens with one attached hydrogen (secondary N) is 1. The van der Waals surface area contributed by atoms with Crippen molar-refractivity contribution in [3.63, 3.8) is 0 Å². The fourth-order valence-corrected chi connectivity index (χ4v) is 3.95. The summed E-state index contributed by atoms with van der Waals surface area (Å²) in [5.41, 5.74) is 2.36. The van der Waals surface area contributed by atoms with Crippen LogP contribution in [0.1, 0.15) is 33.6 Å². The van der Waals surface area contributed by atoms with Gasteiger partial charge in [-0.3, -0.25) is 19.6 Å². The second kappa shape index (κ2) is 8.57. The number of benzene rings is 2. The van der Waals surface area contributed by atoms with Crippen molar-refractivity contribution in [2.24, 2.45) is 5.92 Å². The first-order valence-corrected chi connectivity index (χ1v) is 10.0. The predicted molar refractivity (Wildman–Crippen MR) is 112 cm³/mol. The van der Waals surface area contributed by atoms with Gasteiger partial charge in [0.05, 0.1) is 21.7 Å². The molecule has 2 heterocycles. The zero-order valence-electron chi connectivity index (χ0n) is 15.8. The highest BCUT2D eigenvalue weighted by Crippen LogP contribution is 2.22. The Morgan fingerprint density at radius 2 is 1.86 bits per heavy atom. The van der Waals surface area contributed by atoms with E-state index >= 15 is 0 Å². The molecule has 1 N–H and O–H groups in total. The Balaban J connectivity index is 1.42. The molecule has 0 bridgehead atoms. The number of piperidine rings is 1. The summed E-state index contributed by atoms with van der Waals surface area (Å²) in [5.74, 6) is -0.0400. The molecule has 1 fully saturated rings. The van der Waals surface area contributed by atoms with Gasteiger partial charge in [-0.1, -0.05) is 29.8 Å². The Morgan fingerprint density at radius 3 is 2.72 bits per heavy atom. The number of hydrogen-bond acceptors (Lipinski definition) is 4. The van der Waals surface area contributed by atoms with Crippen molar-refractivity contribution in [3.05, 3.63) is 71.0 Å². The molecule has 29 heavy (non-hydrogen) atoms. The van der Waals surface area contributed by atoms with Crippen LogP contribution in [-0.4, -0.2) is 46.3 Å². The van der Waals surface area contributed by atoms with Crippen LogP contribution in [-0.2, 0) is 0 Å². The highest BCUT2D eigenvalue weighted by molar-refractivity contribution is 6.33. The van der Waals surface area contributed by atoms with Crippen LogP contribution in [0, 0.1) is 5.92 Å². The number of halogens is 1. The van der Waals surface area contributed by atoms with E-state index in [4.69, 9.17) is 11.6 Å². The molecule has 1 saturated heterocycles. The molecular weight excluding hydrogens is 388 g/mol. The molecule has 3 aromatic rings. The van der Waals surface area contributed by atoms with E-state index in [1.165, 1.54) is 0 Å². The maximum Gasteiger partial charge on any atom is 0.256 e. The quantitative estimate of drug-likeness (QED) is 0.716. The third kappa shape index (κ3) is 4.22. The van der Waals surface area contributed by atoms with E-state index in [9.17, 15) is 9.59 Å². The summed E-state index contributed by atoms with van der Waals surface area (Å²) in [4.78, 5) is 36.0. The van der Waals surface area contributed by atoms with Gasteiger partial charge in [-0.2, -0.15) is 0 Å². The molecular formula is C22H21ClN4O2. The second-order valence-electron chi connectivity index (χ2n) is 7.18. The Kier molecular flexibility index (Phi) is 5.71. The van der Waals surface area contributed by atoms with Gasteiger partial charge in [-0.25, -0.2) is 0 Å². The van der Waals surface area contributed by atoms with Crippen molar-refractivity contribution in [1.29, 1.82) is 0 Å². The Hall–Kier alpha value is -2.99. The number of hydrogen-bond donors (Lipinski definition) is 1. The van der Waals surface area contributed by atoms with Gasteiger partial charge >= 0.3 is 0 Å². The molecule has 4 rings (SSSR count). The number of rotatable bonds is 4. The molecule has 0 radical (unpaired) electrons. The number of carbonyl (C=O) groups is 2. The van der Waals surface area contributed by atoms with Gasteiger partial charge in [-0.15, -0.1) is 0 Å². The molecule has 1 aromatic heterocycles. The number of amides is 2. The van der Waals surface area contributed by atoms with Crippen LogP contribution >= 0.6 is 11.6 Å². The first kappa shape index (κ1) is 19.3. The number of fused-ring (bicyclic) bond motifs is 1. The fraction of sp³-hybridized carbons (Fsp3) is 0.273. The average molecular weight is 409 g/mol. The fourth-order valence-electron chi connectivity index (χ4n) is 3.73. The highest BCUT2D eigenvalue weighted by atomic mass is 35.5. The Bertz CT molecular complexity index is 1050. The van der Waals surface area contributed by atoms with Crippen LogP contribution in [0.3, 0.4) is 0 Å². The minimum atomic E-state index is -0.191. The summed E-state index contributed by atoms with van der Waals surface area (Å²) >= 11 is 6.10. The van der Waals surface area contributed by atoms with Crippen LogP contribution in [0.2, 0.25) is 5.02 Å². The van der Waals surface area contributed by atoms with E-state index in [0.717, 1.165) is 12.8 Å². The zero-order valence-corrected chi connectivity index (χ0v) is 16.6. The lowest BCUT2D eigenvalue weighted by Crippen LogP contribution is -2.43. The minimum Gasteiger partial charge on any atom is -0.352 e. The highest BCUT2D eigenvalue weighted by Gasteiger charge is 2.26. The molecule has 0 saturated carbocycles. The maximum atomic E-state index is 13.1. The van der Waals surface area contributed by atoms with Gasteiger partial charge in [0.2, 0.25) is 0 Å². The number of likely N-dealkylation sites (tertiary alicyclic amines) is 1. The maximum absolute atomic E-state index is 13.1. The first-order valence-electron chi connectivity index (χ1n) is 9.65. The van der Waals surface area contributed by atoms with Gasteiger partial charge in [0.25, 0.3) is 11.8 Å². The summed E-state index contributed by atoms with van der Waals surface area (Å²) < 4.78 is 0. The van der Waals surface area contributed by atoms with Crippen molar-refractivity contribution in [3.8, 4) is 0 Å². The lowest BCUT2D eigenvalue weighted by atomic mass is 9.97. The van der Waals surface area contributed by atoms with Crippen LogP contribution in [0.4, 0.5) is 0 Å². The van der Waals surface area contributed by atoms with Crippen molar-refractivity contribution >= 4 is 34.4 Å². The van der Waals surface area contributed by atoms with Crippen LogP contribution < -0.4 is 5.32 Å². The van der Waals surface area contributed by atoms with Gasteiger partial charge in [0.15, 0.2) is 0 Å². The first-order chi connectivity index (χ1) is 14.1. The Morgan fingerprint density at radius 1 is 1.07 bits per heavy atom.